The third-order valence-corrected chi connectivity index (χ3v) is 4.90. The molecule has 1 aromatic carbocycles. The van der Waals surface area contributed by atoms with Crippen LogP contribution in [0.4, 0.5) is 10.1 Å². The zero-order valence-corrected chi connectivity index (χ0v) is 16.1. The Labute approximate surface area is 153 Å². The third-order valence-electron chi connectivity index (χ3n) is 4.90. The van der Waals surface area contributed by atoms with Gasteiger partial charge in [-0.25, -0.2) is 4.39 Å². The molecule has 1 fully saturated rings. The highest BCUT2D eigenvalue weighted by Gasteiger charge is 2.41. The molecule has 0 aliphatic carbocycles. The minimum atomic E-state index is -1.89. The van der Waals surface area contributed by atoms with Crippen molar-refractivity contribution in [3.63, 3.8) is 0 Å². The van der Waals surface area contributed by atoms with Crippen molar-refractivity contribution in [1.29, 1.82) is 0 Å². The van der Waals surface area contributed by atoms with E-state index < -0.39 is 23.3 Å². The molecule has 1 aliphatic heterocycles. The van der Waals surface area contributed by atoms with Crippen molar-refractivity contribution in [2.45, 2.75) is 58.5 Å². The number of likely N-dealkylation sites (tertiary alicyclic amines) is 1. The van der Waals surface area contributed by atoms with Gasteiger partial charge in [-0.1, -0.05) is 38.5 Å². The van der Waals surface area contributed by atoms with Gasteiger partial charge < -0.3 is 10.2 Å². The number of nitrogens with one attached hydrogen (secondary N) is 1. The Bertz CT molecular complexity index is 729. The largest absolute Gasteiger partial charge is 0.334 e. The zero-order chi connectivity index (χ0) is 19.7. The third kappa shape index (κ3) is 4.29. The Balaban J connectivity index is 2.10. The van der Waals surface area contributed by atoms with Gasteiger partial charge in [0.1, 0.15) is 0 Å². The van der Waals surface area contributed by atoms with Crippen LogP contribution in [0.5, 0.6) is 0 Å². The predicted octanol–water partition coefficient (Wildman–Crippen LogP) is 3.15. The van der Waals surface area contributed by atoms with Crippen molar-refractivity contribution in [3.05, 3.63) is 29.3 Å². The normalized spacial score (nSPS) is 16.9. The maximum atomic E-state index is 14.3. The number of Topliss-reactive ketones (excluding diaryl/α,β-unsaturated/α-hetero) is 1. The number of benzene rings is 1. The van der Waals surface area contributed by atoms with Crippen LogP contribution in [0.15, 0.2) is 18.2 Å². The summed E-state index contributed by atoms with van der Waals surface area (Å²) in [6, 6.07) is 5.66. The summed E-state index contributed by atoms with van der Waals surface area (Å²) in [6.07, 6.45) is -0.141. The molecule has 2 rings (SSSR count). The van der Waals surface area contributed by atoms with Gasteiger partial charge in [0.05, 0.1) is 0 Å². The fourth-order valence-corrected chi connectivity index (χ4v) is 3.12. The Morgan fingerprint density at radius 1 is 1.15 bits per heavy atom. The first kappa shape index (κ1) is 20.1. The molecule has 142 valence electrons. The molecule has 1 heterocycles. The zero-order valence-electron chi connectivity index (χ0n) is 16.1. The first-order chi connectivity index (χ1) is 11.9. The standard InChI is InChI=1S/C20H27FN2O3/c1-13-6-7-16(15(12-13)19(3,4)5)22-17(25)18(26)23-10-8-20(21,9-11-23)14(2)24/h6-7,12H,8-11H2,1-5H3,(H,22,25). The summed E-state index contributed by atoms with van der Waals surface area (Å²) in [5, 5.41) is 2.69. The Morgan fingerprint density at radius 3 is 2.23 bits per heavy atom. The smallest absolute Gasteiger partial charge is 0.313 e. The molecule has 1 aliphatic rings. The van der Waals surface area contributed by atoms with Crippen LogP contribution in [0.25, 0.3) is 0 Å². The van der Waals surface area contributed by atoms with Crippen LogP contribution in [-0.4, -0.2) is 41.3 Å². The fraction of sp³-hybridized carbons (Fsp3) is 0.550. The molecule has 2 amide bonds. The summed E-state index contributed by atoms with van der Waals surface area (Å²) in [5.74, 6) is -1.96. The summed E-state index contributed by atoms with van der Waals surface area (Å²) in [5.41, 5.74) is 0.527. The van der Waals surface area contributed by atoms with Gasteiger partial charge >= 0.3 is 11.8 Å². The fourth-order valence-electron chi connectivity index (χ4n) is 3.12. The van der Waals surface area contributed by atoms with Crippen molar-refractivity contribution in [2.24, 2.45) is 0 Å². The lowest BCUT2D eigenvalue weighted by Gasteiger charge is -2.34. The number of ketones is 1. The Kier molecular flexibility index (Phi) is 5.54. The van der Waals surface area contributed by atoms with E-state index >= 15 is 0 Å². The van der Waals surface area contributed by atoms with Crippen molar-refractivity contribution in [2.75, 3.05) is 18.4 Å². The Morgan fingerprint density at radius 2 is 1.73 bits per heavy atom. The lowest BCUT2D eigenvalue weighted by atomic mass is 9.85. The van der Waals surface area contributed by atoms with E-state index in [0.717, 1.165) is 11.1 Å². The number of alkyl halides is 1. The topological polar surface area (TPSA) is 66.5 Å². The van der Waals surface area contributed by atoms with Gasteiger partial charge in [-0.3, -0.25) is 14.4 Å². The van der Waals surface area contributed by atoms with E-state index in [0.29, 0.717) is 5.69 Å². The molecule has 0 spiro atoms. The van der Waals surface area contributed by atoms with Crippen molar-refractivity contribution in [3.8, 4) is 0 Å². The first-order valence-corrected chi connectivity index (χ1v) is 8.85. The molecule has 0 radical (unpaired) electrons. The van der Waals surface area contributed by atoms with E-state index in [-0.39, 0.29) is 31.3 Å². The number of aryl methyl sites for hydroxylation is 1. The van der Waals surface area contributed by atoms with Crippen LogP contribution in [0.2, 0.25) is 0 Å². The quantitative estimate of drug-likeness (QED) is 0.822. The monoisotopic (exact) mass is 362 g/mol. The van der Waals surface area contributed by atoms with Crippen LogP contribution in [0.3, 0.4) is 0 Å². The predicted molar refractivity (Wildman–Crippen MR) is 98.8 cm³/mol. The summed E-state index contributed by atoms with van der Waals surface area (Å²) >= 11 is 0. The molecule has 0 aromatic heterocycles. The van der Waals surface area contributed by atoms with Gasteiger partial charge in [-0.2, -0.15) is 0 Å². The second-order valence-corrected chi connectivity index (χ2v) is 8.07. The van der Waals surface area contributed by atoms with E-state index in [1.807, 2.05) is 39.8 Å². The molecule has 1 N–H and O–H groups in total. The summed E-state index contributed by atoms with van der Waals surface area (Å²) in [7, 11) is 0. The van der Waals surface area contributed by atoms with Crippen molar-refractivity contribution in [1.82, 2.24) is 4.90 Å². The lowest BCUT2D eigenvalue weighted by molar-refractivity contribution is -0.146. The van der Waals surface area contributed by atoms with Gasteiger partial charge in [-0.05, 0) is 30.9 Å². The van der Waals surface area contributed by atoms with Crippen LogP contribution in [-0.2, 0) is 19.8 Å². The Hall–Kier alpha value is -2.24. The summed E-state index contributed by atoms with van der Waals surface area (Å²) < 4.78 is 14.3. The molecular weight excluding hydrogens is 335 g/mol. The molecule has 0 atom stereocenters. The number of piperidine rings is 1. The van der Waals surface area contributed by atoms with Crippen LogP contribution in [0, 0.1) is 6.92 Å². The highest BCUT2D eigenvalue weighted by Crippen LogP contribution is 2.31. The van der Waals surface area contributed by atoms with E-state index in [4.69, 9.17) is 0 Å². The van der Waals surface area contributed by atoms with Gasteiger partial charge in [0.2, 0.25) is 0 Å². The molecule has 6 heteroatoms. The van der Waals surface area contributed by atoms with Crippen molar-refractivity contribution >= 4 is 23.3 Å². The minimum absolute atomic E-state index is 0.0579. The number of anilines is 1. The van der Waals surface area contributed by atoms with Gasteiger partial charge in [0, 0.05) is 31.6 Å². The van der Waals surface area contributed by atoms with Crippen LogP contribution >= 0.6 is 0 Å². The number of carbonyl (C=O) groups is 3. The molecule has 5 nitrogen and oxygen atoms in total. The molecule has 1 saturated heterocycles. The molecule has 0 saturated carbocycles. The van der Waals surface area contributed by atoms with Gasteiger partial charge in [-0.15, -0.1) is 0 Å². The maximum absolute atomic E-state index is 14.3. The highest BCUT2D eigenvalue weighted by atomic mass is 19.1. The highest BCUT2D eigenvalue weighted by molar-refractivity contribution is 6.39. The average molecular weight is 362 g/mol. The molecule has 1 aromatic rings. The van der Waals surface area contributed by atoms with E-state index in [9.17, 15) is 18.8 Å². The number of carbonyl (C=O) groups excluding carboxylic acids is 3. The molecule has 0 unspecified atom stereocenters. The average Bonchev–Trinajstić information content (AvgIpc) is 2.55. The minimum Gasteiger partial charge on any atom is -0.334 e. The number of amides is 2. The summed E-state index contributed by atoms with van der Waals surface area (Å²) in [4.78, 5) is 37.5. The number of hydrogen-bond donors (Lipinski definition) is 1. The second-order valence-electron chi connectivity index (χ2n) is 8.07. The van der Waals surface area contributed by atoms with E-state index in [2.05, 4.69) is 5.32 Å². The molecular formula is C20H27FN2O3. The number of hydrogen-bond acceptors (Lipinski definition) is 3. The molecule has 0 bridgehead atoms. The SMILES string of the molecule is CC(=O)C1(F)CCN(C(=O)C(=O)Nc2ccc(C)cc2C(C)(C)C)CC1. The lowest BCUT2D eigenvalue weighted by Crippen LogP contribution is -2.50. The van der Waals surface area contributed by atoms with E-state index in [1.54, 1.807) is 6.07 Å². The molecule has 26 heavy (non-hydrogen) atoms. The van der Waals surface area contributed by atoms with Crippen LogP contribution in [0.1, 0.15) is 51.7 Å². The van der Waals surface area contributed by atoms with E-state index in [1.165, 1.54) is 11.8 Å². The summed E-state index contributed by atoms with van der Waals surface area (Å²) in [6.45, 7) is 9.41. The number of rotatable bonds is 2. The van der Waals surface area contributed by atoms with Gasteiger partial charge in [0.15, 0.2) is 11.5 Å². The van der Waals surface area contributed by atoms with Gasteiger partial charge in [0.25, 0.3) is 0 Å². The number of nitrogens with zero attached hydrogens (tertiary/aromatic N) is 1. The second kappa shape index (κ2) is 7.17. The van der Waals surface area contributed by atoms with Crippen molar-refractivity contribution < 1.29 is 18.8 Å². The first-order valence-electron chi connectivity index (χ1n) is 8.85. The van der Waals surface area contributed by atoms with Crippen LogP contribution < -0.4 is 5.32 Å². The maximum Gasteiger partial charge on any atom is 0.313 e. The number of halogens is 1.